The lowest BCUT2D eigenvalue weighted by Crippen LogP contribution is -2.52. The molecule has 23 heavy (non-hydrogen) atoms. The second-order valence-corrected chi connectivity index (χ2v) is 5.86. The number of methoxy groups -OCH3 is 1. The van der Waals surface area contributed by atoms with Crippen LogP contribution >= 0.6 is 0 Å². The molecule has 2 aliphatic heterocycles. The topological polar surface area (TPSA) is 93.1 Å². The third kappa shape index (κ3) is 2.74. The van der Waals surface area contributed by atoms with Crippen molar-refractivity contribution in [3.8, 4) is 5.75 Å². The van der Waals surface area contributed by atoms with Gasteiger partial charge in [0, 0.05) is 25.9 Å². The molecule has 0 aromatic heterocycles. The summed E-state index contributed by atoms with van der Waals surface area (Å²) >= 11 is 0. The number of rotatable bonds is 1. The summed E-state index contributed by atoms with van der Waals surface area (Å²) in [5.74, 6) is -0.177. The third-order valence-corrected chi connectivity index (χ3v) is 4.46. The van der Waals surface area contributed by atoms with Gasteiger partial charge in [-0.15, -0.1) is 0 Å². The van der Waals surface area contributed by atoms with E-state index in [9.17, 15) is 14.4 Å². The van der Waals surface area contributed by atoms with Crippen LogP contribution in [-0.2, 0) is 4.74 Å². The zero-order chi connectivity index (χ0) is 16.6. The highest BCUT2D eigenvalue weighted by Crippen LogP contribution is 2.39. The molecule has 1 fully saturated rings. The second kappa shape index (κ2) is 5.57. The molecule has 1 aromatic rings. The standard InChI is InChI=1S/C16H17NO6/c1-22-14(19)10-2-3-11-12(18)9-16(23-13(11)8-10)4-6-17(7-5-16)15(20)21/h2-3,8H,4-7,9H2,1H3,(H,20,21). The van der Waals surface area contributed by atoms with Gasteiger partial charge in [0.05, 0.1) is 24.7 Å². The van der Waals surface area contributed by atoms with Crippen molar-refractivity contribution in [1.82, 2.24) is 4.90 Å². The van der Waals surface area contributed by atoms with E-state index in [2.05, 4.69) is 4.74 Å². The average Bonchev–Trinajstić information content (AvgIpc) is 2.53. The molecule has 0 atom stereocenters. The van der Waals surface area contributed by atoms with Crippen molar-refractivity contribution in [3.63, 3.8) is 0 Å². The van der Waals surface area contributed by atoms with Gasteiger partial charge >= 0.3 is 12.1 Å². The van der Waals surface area contributed by atoms with Gasteiger partial charge in [-0.05, 0) is 18.2 Å². The molecule has 122 valence electrons. The third-order valence-electron chi connectivity index (χ3n) is 4.46. The normalized spacial score (nSPS) is 19.0. The van der Waals surface area contributed by atoms with E-state index >= 15 is 0 Å². The van der Waals surface area contributed by atoms with Crippen LogP contribution in [0.3, 0.4) is 0 Å². The summed E-state index contributed by atoms with van der Waals surface area (Å²) in [6.07, 6.45) is 0.167. The predicted octanol–water partition coefficient (Wildman–Crippen LogP) is 1.95. The molecular formula is C16H17NO6. The summed E-state index contributed by atoms with van der Waals surface area (Å²) in [6, 6.07) is 4.63. The Bertz CT molecular complexity index is 675. The molecule has 0 unspecified atom stereocenters. The Hall–Kier alpha value is -2.57. The number of Topliss-reactive ketones (excluding diaryl/α,β-unsaturated/α-hetero) is 1. The smallest absolute Gasteiger partial charge is 0.407 e. The van der Waals surface area contributed by atoms with Crippen molar-refractivity contribution < 1.29 is 29.0 Å². The van der Waals surface area contributed by atoms with Gasteiger partial charge in [-0.1, -0.05) is 0 Å². The summed E-state index contributed by atoms with van der Waals surface area (Å²) in [5.41, 5.74) is 0.0770. The van der Waals surface area contributed by atoms with Crippen molar-refractivity contribution in [3.05, 3.63) is 29.3 Å². The zero-order valence-electron chi connectivity index (χ0n) is 12.7. The van der Waals surface area contributed by atoms with Gasteiger partial charge in [-0.25, -0.2) is 9.59 Å². The largest absolute Gasteiger partial charge is 0.486 e. The number of nitrogens with zero attached hydrogens (tertiary/aromatic N) is 1. The lowest BCUT2D eigenvalue weighted by atomic mass is 9.82. The number of benzene rings is 1. The molecule has 0 saturated carbocycles. The number of likely N-dealkylation sites (tertiary alicyclic amines) is 1. The molecule has 0 radical (unpaired) electrons. The fourth-order valence-corrected chi connectivity index (χ4v) is 3.12. The number of hydrogen-bond acceptors (Lipinski definition) is 5. The minimum Gasteiger partial charge on any atom is -0.486 e. The van der Waals surface area contributed by atoms with Crippen molar-refractivity contribution in [2.45, 2.75) is 24.9 Å². The molecule has 1 amide bonds. The Morgan fingerprint density at radius 3 is 2.61 bits per heavy atom. The average molecular weight is 319 g/mol. The summed E-state index contributed by atoms with van der Waals surface area (Å²) in [5, 5.41) is 9.03. The Kier molecular flexibility index (Phi) is 3.71. The molecule has 0 aliphatic carbocycles. The molecule has 3 rings (SSSR count). The van der Waals surface area contributed by atoms with Crippen LogP contribution in [-0.4, -0.2) is 53.7 Å². The van der Waals surface area contributed by atoms with Gasteiger partial charge in [-0.2, -0.15) is 0 Å². The maximum Gasteiger partial charge on any atom is 0.407 e. The molecule has 1 saturated heterocycles. The van der Waals surface area contributed by atoms with Crippen LogP contribution < -0.4 is 4.74 Å². The molecule has 1 spiro atoms. The van der Waals surface area contributed by atoms with Crippen LogP contribution in [0.25, 0.3) is 0 Å². The van der Waals surface area contributed by atoms with E-state index in [1.165, 1.54) is 24.1 Å². The Morgan fingerprint density at radius 2 is 2.00 bits per heavy atom. The SMILES string of the molecule is COC(=O)c1ccc2c(c1)OC1(CCN(C(=O)O)CC1)CC2=O. The number of carbonyl (C=O) groups is 3. The van der Waals surface area contributed by atoms with Crippen molar-refractivity contribution >= 4 is 17.8 Å². The molecule has 2 heterocycles. The Labute approximate surface area is 132 Å². The summed E-state index contributed by atoms with van der Waals surface area (Å²) < 4.78 is 10.7. The summed E-state index contributed by atoms with van der Waals surface area (Å²) in [4.78, 5) is 36.4. The lowest BCUT2D eigenvalue weighted by molar-refractivity contribution is -0.00536. The minimum absolute atomic E-state index is 0.0496. The fraction of sp³-hybridized carbons (Fsp3) is 0.438. The van der Waals surface area contributed by atoms with Crippen molar-refractivity contribution in [2.24, 2.45) is 0 Å². The first-order valence-electron chi connectivity index (χ1n) is 7.36. The van der Waals surface area contributed by atoms with E-state index in [1.54, 1.807) is 6.07 Å². The van der Waals surface area contributed by atoms with Gasteiger partial charge in [0.25, 0.3) is 0 Å². The lowest BCUT2D eigenvalue weighted by Gasteiger charge is -2.43. The van der Waals surface area contributed by atoms with Crippen LogP contribution in [0.5, 0.6) is 5.75 Å². The van der Waals surface area contributed by atoms with Gasteiger partial charge in [0.1, 0.15) is 11.4 Å². The van der Waals surface area contributed by atoms with Gasteiger partial charge in [0.2, 0.25) is 0 Å². The first-order chi connectivity index (χ1) is 10.9. The molecule has 1 N–H and O–H groups in total. The maximum absolute atomic E-state index is 12.4. The minimum atomic E-state index is -0.963. The van der Waals surface area contributed by atoms with Crippen molar-refractivity contribution in [1.29, 1.82) is 0 Å². The quantitative estimate of drug-likeness (QED) is 0.795. The number of carboxylic acid groups (broad SMARTS) is 1. The van der Waals surface area contributed by atoms with Crippen molar-refractivity contribution in [2.75, 3.05) is 20.2 Å². The molecule has 0 bridgehead atoms. The van der Waals surface area contributed by atoms with Gasteiger partial charge in [-0.3, -0.25) is 4.79 Å². The number of amides is 1. The molecule has 7 nitrogen and oxygen atoms in total. The van der Waals surface area contributed by atoms with E-state index in [1.807, 2.05) is 0 Å². The van der Waals surface area contributed by atoms with Crippen LogP contribution in [0, 0.1) is 0 Å². The number of piperidine rings is 1. The maximum atomic E-state index is 12.4. The molecule has 2 aliphatic rings. The number of ketones is 1. The van der Waals surface area contributed by atoms with Crippen LogP contribution in [0.1, 0.15) is 40.0 Å². The predicted molar refractivity (Wildman–Crippen MR) is 78.9 cm³/mol. The molecular weight excluding hydrogens is 302 g/mol. The van der Waals surface area contributed by atoms with E-state index in [0.29, 0.717) is 42.8 Å². The van der Waals surface area contributed by atoms with E-state index in [0.717, 1.165) is 0 Å². The highest BCUT2D eigenvalue weighted by atomic mass is 16.5. The highest BCUT2D eigenvalue weighted by molar-refractivity contribution is 6.02. The summed E-state index contributed by atoms with van der Waals surface area (Å²) in [7, 11) is 1.29. The first kappa shape index (κ1) is 15.3. The number of ether oxygens (including phenoxy) is 2. The van der Waals surface area contributed by atoms with Gasteiger partial charge in [0.15, 0.2) is 5.78 Å². The Balaban J connectivity index is 1.86. The molecule has 7 heteroatoms. The number of esters is 1. The Morgan fingerprint density at radius 1 is 1.30 bits per heavy atom. The van der Waals surface area contributed by atoms with Gasteiger partial charge < -0.3 is 19.5 Å². The van der Waals surface area contributed by atoms with Crippen LogP contribution in [0.15, 0.2) is 18.2 Å². The number of carbonyl (C=O) groups excluding carboxylic acids is 2. The second-order valence-electron chi connectivity index (χ2n) is 5.86. The highest BCUT2D eigenvalue weighted by Gasteiger charge is 2.43. The first-order valence-corrected chi connectivity index (χ1v) is 7.36. The number of fused-ring (bicyclic) bond motifs is 1. The van der Waals surface area contributed by atoms with Crippen LogP contribution in [0.2, 0.25) is 0 Å². The van der Waals surface area contributed by atoms with E-state index in [4.69, 9.17) is 9.84 Å². The van der Waals surface area contributed by atoms with E-state index < -0.39 is 17.7 Å². The monoisotopic (exact) mass is 319 g/mol. The zero-order valence-corrected chi connectivity index (χ0v) is 12.7. The molecule has 1 aromatic carbocycles. The fourth-order valence-electron chi connectivity index (χ4n) is 3.12. The van der Waals surface area contributed by atoms with E-state index in [-0.39, 0.29) is 12.2 Å². The van der Waals surface area contributed by atoms with Crippen LogP contribution in [0.4, 0.5) is 4.79 Å². The summed E-state index contributed by atoms with van der Waals surface area (Å²) in [6.45, 7) is 0.656. The number of hydrogen-bond donors (Lipinski definition) is 1.